The minimum absolute atomic E-state index is 0.160. The Bertz CT molecular complexity index is 688. The smallest absolute Gasteiger partial charge is 0.275 e. The Morgan fingerprint density at radius 3 is 3.05 bits per heavy atom. The van der Waals surface area contributed by atoms with E-state index in [4.69, 9.17) is 5.26 Å². The minimum Gasteiger partial charge on any atom is -0.304 e. The van der Waals surface area contributed by atoms with Gasteiger partial charge in [0.05, 0.1) is 11.8 Å². The lowest BCUT2D eigenvalue weighted by Gasteiger charge is -2.01. The van der Waals surface area contributed by atoms with E-state index in [-0.39, 0.29) is 12.5 Å². The molecule has 0 bridgehead atoms. The molecule has 2 heterocycles. The summed E-state index contributed by atoms with van der Waals surface area (Å²) in [4.78, 5) is 12.2. The first-order valence-electron chi connectivity index (χ1n) is 6.43. The Hall–Kier alpha value is -2.62. The summed E-state index contributed by atoms with van der Waals surface area (Å²) < 4.78 is 3.06. The number of carbonyl (C=O) groups excluding carboxylic acids is 1. The molecule has 0 unspecified atom stereocenters. The largest absolute Gasteiger partial charge is 0.304 e. The van der Waals surface area contributed by atoms with Crippen molar-refractivity contribution in [2.24, 2.45) is 7.05 Å². The molecular formula is C13H14N6O. The molecule has 1 N–H and O–H groups in total. The van der Waals surface area contributed by atoms with Crippen molar-refractivity contribution < 1.29 is 4.79 Å². The second-order valence-corrected chi connectivity index (χ2v) is 4.86. The molecule has 3 rings (SSSR count). The van der Waals surface area contributed by atoms with Gasteiger partial charge in [-0.1, -0.05) is 0 Å². The number of nitrogens with one attached hydrogen (secondary N) is 1. The molecule has 0 atom stereocenters. The summed E-state index contributed by atoms with van der Waals surface area (Å²) in [6.45, 7) is 0.160. The number of rotatable bonds is 4. The minimum atomic E-state index is -0.242. The van der Waals surface area contributed by atoms with Crippen molar-refractivity contribution in [3.8, 4) is 6.07 Å². The highest BCUT2D eigenvalue weighted by Gasteiger charge is 2.28. The fourth-order valence-electron chi connectivity index (χ4n) is 2.05. The van der Waals surface area contributed by atoms with Gasteiger partial charge in [0, 0.05) is 25.2 Å². The average molecular weight is 270 g/mol. The van der Waals surface area contributed by atoms with Crippen molar-refractivity contribution in [2.75, 3.05) is 5.32 Å². The van der Waals surface area contributed by atoms with Crippen molar-refractivity contribution in [3.63, 3.8) is 0 Å². The standard InChI is InChI=1S/C13H14N6O/c1-18-11(8-10(16-18)9-2-3-9)13(20)15-12-4-6-19(17-12)7-5-14/h4,6,8-9H,2-3,7H2,1H3,(H,15,17,20). The fourth-order valence-corrected chi connectivity index (χ4v) is 2.05. The lowest BCUT2D eigenvalue weighted by molar-refractivity contribution is 0.101. The van der Waals surface area contributed by atoms with E-state index in [2.05, 4.69) is 15.5 Å². The summed E-state index contributed by atoms with van der Waals surface area (Å²) in [7, 11) is 1.76. The molecule has 0 saturated heterocycles. The van der Waals surface area contributed by atoms with E-state index in [9.17, 15) is 4.79 Å². The molecule has 0 spiro atoms. The Morgan fingerprint density at radius 2 is 2.35 bits per heavy atom. The molecule has 1 aliphatic rings. The Kier molecular flexibility index (Phi) is 2.99. The van der Waals surface area contributed by atoms with Gasteiger partial charge in [0.15, 0.2) is 5.82 Å². The first-order valence-corrected chi connectivity index (χ1v) is 6.43. The maximum absolute atomic E-state index is 12.2. The van der Waals surface area contributed by atoms with E-state index >= 15 is 0 Å². The average Bonchev–Trinajstić information content (AvgIpc) is 3.06. The molecule has 0 radical (unpaired) electrons. The zero-order valence-electron chi connectivity index (χ0n) is 11.1. The van der Waals surface area contributed by atoms with Gasteiger partial charge in [-0.3, -0.25) is 14.2 Å². The maximum Gasteiger partial charge on any atom is 0.275 e. The number of amides is 1. The quantitative estimate of drug-likeness (QED) is 0.906. The molecule has 2 aromatic rings. The van der Waals surface area contributed by atoms with Crippen LogP contribution in [-0.4, -0.2) is 25.5 Å². The van der Waals surface area contributed by atoms with Gasteiger partial charge < -0.3 is 5.32 Å². The van der Waals surface area contributed by atoms with Crippen LogP contribution >= 0.6 is 0 Å². The van der Waals surface area contributed by atoms with E-state index < -0.39 is 0 Å². The Morgan fingerprint density at radius 1 is 1.55 bits per heavy atom. The van der Waals surface area contributed by atoms with Gasteiger partial charge in [0.25, 0.3) is 5.91 Å². The Balaban J connectivity index is 1.73. The van der Waals surface area contributed by atoms with Crippen molar-refractivity contribution >= 4 is 11.7 Å². The number of nitrogens with zero attached hydrogens (tertiary/aromatic N) is 5. The molecule has 0 aliphatic heterocycles. The second kappa shape index (κ2) is 4.81. The zero-order valence-corrected chi connectivity index (χ0v) is 11.1. The van der Waals surface area contributed by atoms with Crippen LogP contribution in [0.1, 0.15) is 34.9 Å². The van der Waals surface area contributed by atoms with Gasteiger partial charge in [-0.15, -0.1) is 0 Å². The topological polar surface area (TPSA) is 88.5 Å². The van der Waals surface area contributed by atoms with Crippen LogP contribution in [0.15, 0.2) is 18.3 Å². The molecule has 0 aromatic carbocycles. The van der Waals surface area contributed by atoms with Gasteiger partial charge in [-0.05, 0) is 18.9 Å². The summed E-state index contributed by atoms with van der Waals surface area (Å²) >= 11 is 0. The molecule has 20 heavy (non-hydrogen) atoms. The highest BCUT2D eigenvalue weighted by molar-refractivity contribution is 6.02. The van der Waals surface area contributed by atoms with Gasteiger partial charge in [0.2, 0.25) is 0 Å². The fraction of sp³-hybridized carbons (Fsp3) is 0.385. The molecule has 7 heteroatoms. The summed E-state index contributed by atoms with van der Waals surface area (Å²) in [6, 6.07) is 5.48. The third-order valence-corrected chi connectivity index (χ3v) is 3.24. The lowest BCUT2D eigenvalue weighted by atomic mass is 10.2. The van der Waals surface area contributed by atoms with E-state index in [0.717, 1.165) is 18.5 Å². The SMILES string of the molecule is Cn1nc(C2CC2)cc1C(=O)Nc1ccn(CC#N)n1. The second-order valence-electron chi connectivity index (χ2n) is 4.86. The predicted octanol–water partition coefficient (Wildman–Crippen LogP) is 1.27. The van der Waals surface area contributed by atoms with Gasteiger partial charge in [-0.2, -0.15) is 15.5 Å². The van der Waals surface area contributed by atoms with Crippen molar-refractivity contribution in [3.05, 3.63) is 29.7 Å². The van der Waals surface area contributed by atoms with Crippen LogP contribution in [0.25, 0.3) is 0 Å². The van der Waals surface area contributed by atoms with Crippen LogP contribution in [0.4, 0.5) is 5.82 Å². The number of nitriles is 1. The predicted molar refractivity (Wildman–Crippen MR) is 71.0 cm³/mol. The maximum atomic E-state index is 12.2. The van der Waals surface area contributed by atoms with Crippen LogP contribution in [0.5, 0.6) is 0 Å². The first-order chi connectivity index (χ1) is 9.67. The summed E-state index contributed by atoms with van der Waals surface area (Å²) in [5.41, 5.74) is 1.49. The third kappa shape index (κ3) is 2.40. The van der Waals surface area contributed by atoms with Gasteiger partial charge in [0.1, 0.15) is 12.2 Å². The van der Waals surface area contributed by atoms with Crippen molar-refractivity contribution in [2.45, 2.75) is 25.3 Å². The highest BCUT2D eigenvalue weighted by Crippen LogP contribution is 2.39. The monoisotopic (exact) mass is 270 g/mol. The molecule has 2 aromatic heterocycles. The van der Waals surface area contributed by atoms with Crippen LogP contribution in [0.2, 0.25) is 0 Å². The highest BCUT2D eigenvalue weighted by atomic mass is 16.2. The number of hydrogen-bond acceptors (Lipinski definition) is 4. The number of aryl methyl sites for hydroxylation is 1. The summed E-state index contributed by atoms with van der Waals surface area (Å²) in [5, 5.41) is 19.7. The van der Waals surface area contributed by atoms with Gasteiger partial charge >= 0.3 is 0 Å². The van der Waals surface area contributed by atoms with E-state index in [1.807, 2.05) is 12.1 Å². The number of hydrogen-bond donors (Lipinski definition) is 1. The van der Waals surface area contributed by atoms with Crippen LogP contribution in [0, 0.1) is 11.3 Å². The summed E-state index contributed by atoms with van der Waals surface area (Å²) in [6.07, 6.45) is 3.95. The van der Waals surface area contributed by atoms with Crippen molar-refractivity contribution in [1.82, 2.24) is 19.6 Å². The number of aromatic nitrogens is 4. The zero-order chi connectivity index (χ0) is 14.1. The normalized spacial score (nSPS) is 14.0. The van der Waals surface area contributed by atoms with Crippen LogP contribution in [-0.2, 0) is 13.6 Å². The first kappa shape index (κ1) is 12.4. The number of carbonyl (C=O) groups is 1. The van der Waals surface area contributed by atoms with Gasteiger partial charge in [-0.25, -0.2) is 0 Å². The molecule has 1 saturated carbocycles. The third-order valence-electron chi connectivity index (χ3n) is 3.24. The molecule has 7 nitrogen and oxygen atoms in total. The van der Waals surface area contributed by atoms with E-state index in [1.54, 1.807) is 24.0 Å². The molecule has 1 amide bonds. The van der Waals surface area contributed by atoms with Crippen LogP contribution in [0.3, 0.4) is 0 Å². The molecular weight excluding hydrogens is 256 g/mol. The molecule has 1 fully saturated rings. The lowest BCUT2D eigenvalue weighted by Crippen LogP contribution is -2.16. The van der Waals surface area contributed by atoms with E-state index in [0.29, 0.717) is 17.4 Å². The van der Waals surface area contributed by atoms with E-state index in [1.165, 1.54) is 4.68 Å². The molecule has 102 valence electrons. The van der Waals surface area contributed by atoms with Crippen molar-refractivity contribution in [1.29, 1.82) is 5.26 Å². The van der Waals surface area contributed by atoms with Crippen LogP contribution < -0.4 is 5.32 Å². The molecule has 1 aliphatic carbocycles. The Labute approximate surface area is 115 Å². The summed E-state index contributed by atoms with van der Waals surface area (Å²) in [5.74, 6) is 0.700. The number of anilines is 1.